The molecule has 1 aromatic carbocycles. The van der Waals surface area contributed by atoms with Gasteiger partial charge < -0.3 is 4.90 Å². The van der Waals surface area contributed by atoms with Crippen LogP contribution in [0.4, 0.5) is 4.39 Å². The van der Waals surface area contributed by atoms with E-state index in [1.807, 2.05) is 18.7 Å². The molecule has 1 fully saturated rings. The van der Waals surface area contributed by atoms with Crippen molar-refractivity contribution < 1.29 is 9.18 Å². The van der Waals surface area contributed by atoms with E-state index in [2.05, 4.69) is 15.9 Å². The fourth-order valence-corrected chi connectivity index (χ4v) is 3.16. The first-order chi connectivity index (χ1) is 8.52. The largest absolute Gasteiger partial charge is 0.333 e. The summed E-state index contributed by atoms with van der Waals surface area (Å²) in [7, 11) is 0. The Labute approximate surface area is 115 Å². The second-order valence-corrected chi connectivity index (χ2v) is 5.79. The average molecular weight is 314 g/mol. The minimum atomic E-state index is -0.459. The molecule has 1 amide bonds. The van der Waals surface area contributed by atoms with Gasteiger partial charge in [-0.1, -0.05) is 6.07 Å². The van der Waals surface area contributed by atoms with E-state index < -0.39 is 5.82 Å². The van der Waals surface area contributed by atoms with Gasteiger partial charge in [0.15, 0.2) is 0 Å². The summed E-state index contributed by atoms with van der Waals surface area (Å²) in [5.74, 6) is -0.668. The first kappa shape index (κ1) is 13.5. The molecule has 1 heterocycles. The van der Waals surface area contributed by atoms with Gasteiger partial charge in [-0.3, -0.25) is 4.79 Å². The van der Waals surface area contributed by atoms with Crippen LogP contribution in [0.3, 0.4) is 0 Å². The van der Waals surface area contributed by atoms with Crippen LogP contribution in [0.15, 0.2) is 22.7 Å². The fraction of sp³-hybridized carbons (Fsp3) is 0.500. The van der Waals surface area contributed by atoms with Crippen LogP contribution in [-0.2, 0) is 0 Å². The van der Waals surface area contributed by atoms with Gasteiger partial charge in [-0.05, 0) is 61.2 Å². The lowest BCUT2D eigenvalue weighted by Gasteiger charge is -2.39. The standard InChI is InChI=1S/C14H17BrFNO/c1-9-5-3-6-10(2)17(9)14(18)13-11(15)7-4-8-12(13)16/h4,7-10H,3,5-6H2,1-2H3. The van der Waals surface area contributed by atoms with Crippen LogP contribution in [0, 0.1) is 5.82 Å². The van der Waals surface area contributed by atoms with Crippen LogP contribution in [0.1, 0.15) is 43.5 Å². The van der Waals surface area contributed by atoms with E-state index in [0.29, 0.717) is 4.47 Å². The summed E-state index contributed by atoms with van der Waals surface area (Å²) in [4.78, 5) is 14.3. The normalized spacial score (nSPS) is 24.1. The summed E-state index contributed by atoms with van der Waals surface area (Å²) < 4.78 is 14.4. The molecule has 2 rings (SSSR count). The van der Waals surface area contributed by atoms with E-state index in [0.717, 1.165) is 19.3 Å². The molecule has 2 unspecified atom stereocenters. The maximum atomic E-state index is 13.8. The number of benzene rings is 1. The van der Waals surface area contributed by atoms with E-state index in [9.17, 15) is 9.18 Å². The van der Waals surface area contributed by atoms with Crippen LogP contribution in [0.2, 0.25) is 0 Å². The van der Waals surface area contributed by atoms with Crippen LogP contribution in [0.25, 0.3) is 0 Å². The molecule has 0 spiro atoms. The quantitative estimate of drug-likeness (QED) is 0.767. The van der Waals surface area contributed by atoms with E-state index >= 15 is 0 Å². The van der Waals surface area contributed by atoms with Crippen LogP contribution >= 0.6 is 15.9 Å². The molecular weight excluding hydrogens is 297 g/mol. The van der Waals surface area contributed by atoms with Crippen LogP contribution in [-0.4, -0.2) is 22.9 Å². The first-order valence-corrected chi connectivity index (χ1v) is 7.08. The van der Waals surface area contributed by atoms with Gasteiger partial charge in [0.2, 0.25) is 0 Å². The zero-order valence-electron chi connectivity index (χ0n) is 10.6. The van der Waals surface area contributed by atoms with Crippen molar-refractivity contribution in [3.8, 4) is 0 Å². The first-order valence-electron chi connectivity index (χ1n) is 6.29. The van der Waals surface area contributed by atoms with Crippen molar-refractivity contribution in [1.29, 1.82) is 0 Å². The molecule has 1 aromatic rings. The zero-order valence-corrected chi connectivity index (χ0v) is 12.2. The maximum Gasteiger partial charge on any atom is 0.258 e. The third-order valence-electron chi connectivity index (χ3n) is 3.60. The number of amides is 1. The Morgan fingerprint density at radius 2 is 1.94 bits per heavy atom. The Morgan fingerprint density at radius 3 is 2.50 bits per heavy atom. The molecular formula is C14H17BrFNO. The molecule has 98 valence electrons. The molecule has 2 atom stereocenters. The highest BCUT2D eigenvalue weighted by atomic mass is 79.9. The highest BCUT2D eigenvalue weighted by Crippen LogP contribution is 2.28. The molecule has 1 aliphatic rings. The van der Waals surface area contributed by atoms with Gasteiger partial charge in [0, 0.05) is 16.6 Å². The van der Waals surface area contributed by atoms with E-state index in [1.165, 1.54) is 6.07 Å². The van der Waals surface area contributed by atoms with Crippen molar-refractivity contribution in [1.82, 2.24) is 4.90 Å². The van der Waals surface area contributed by atoms with Crippen molar-refractivity contribution in [2.45, 2.75) is 45.2 Å². The number of halogens is 2. The maximum absolute atomic E-state index is 13.8. The summed E-state index contributed by atoms with van der Waals surface area (Å²) in [6, 6.07) is 4.98. The van der Waals surface area contributed by atoms with Crippen molar-refractivity contribution in [2.24, 2.45) is 0 Å². The van der Waals surface area contributed by atoms with Gasteiger partial charge in [-0.2, -0.15) is 0 Å². The minimum absolute atomic E-state index is 0.151. The van der Waals surface area contributed by atoms with E-state index in [4.69, 9.17) is 0 Å². The molecule has 0 N–H and O–H groups in total. The van der Waals surface area contributed by atoms with Crippen molar-refractivity contribution in [2.75, 3.05) is 0 Å². The summed E-state index contributed by atoms with van der Waals surface area (Å²) >= 11 is 3.27. The molecule has 1 saturated heterocycles. The Hall–Kier alpha value is -0.900. The third-order valence-corrected chi connectivity index (χ3v) is 4.27. The number of hydrogen-bond acceptors (Lipinski definition) is 1. The number of piperidine rings is 1. The Balaban J connectivity index is 2.35. The zero-order chi connectivity index (χ0) is 13.3. The highest BCUT2D eigenvalue weighted by molar-refractivity contribution is 9.10. The third kappa shape index (κ3) is 2.44. The SMILES string of the molecule is CC1CCCC(C)N1C(=O)c1c(F)cccc1Br. The molecule has 4 heteroatoms. The van der Waals surface area contributed by atoms with Gasteiger partial charge >= 0.3 is 0 Å². The smallest absolute Gasteiger partial charge is 0.258 e. The number of rotatable bonds is 1. The number of likely N-dealkylation sites (tertiary alicyclic amines) is 1. The Morgan fingerprint density at radius 1 is 1.33 bits per heavy atom. The monoisotopic (exact) mass is 313 g/mol. The number of carbonyl (C=O) groups is 1. The summed E-state index contributed by atoms with van der Waals surface area (Å²) in [5.41, 5.74) is 0.151. The van der Waals surface area contributed by atoms with Crippen LogP contribution < -0.4 is 0 Å². The summed E-state index contributed by atoms with van der Waals surface area (Å²) in [6.07, 6.45) is 3.11. The molecule has 2 nitrogen and oxygen atoms in total. The molecule has 1 aliphatic heterocycles. The lowest BCUT2D eigenvalue weighted by molar-refractivity contribution is 0.0505. The van der Waals surface area contributed by atoms with Gasteiger partial charge in [0.1, 0.15) is 5.82 Å². The summed E-state index contributed by atoms with van der Waals surface area (Å²) in [6.45, 7) is 4.06. The van der Waals surface area contributed by atoms with Gasteiger partial charge in [-0.15, -0.1) is 0 Å². The number of nitrogens with zero attached hydrogens (tertiary/aromatic N) is 1. The van der Waals surface area contributed by atoms with Crippen LogP contribution in [0.5, 0.6) is 0 Å². The Kier molecular flexibility index (Phi) is 4.05. The lowest BCUT2D eigenvalue weighted by atomic mass is 9.96. The number of carbonyl (C=O) groups excluding carboxylic acids is 1. The van der Waals surface area contributed by atoms with E-state index in [-0.39, 0.29) is 23.6 Å². The average Bonchev–Trinajstić information content (AvgIpc) is 2.28. The van der Waals surface area contributed by atoms with Crippen molar-refractivity contribution in [3.05, 3.63) is 34.1 Å². The number of hydrogen-bond donors (Lipinski definition) is 0. The minimum Gasteiger partial charge on any atom is -0.333 e. The van der Waals surface area contributed by atoms with E-state index in [1.54, 1.807) is 12.1 Å². The second kappa shape index (κ2) is 5.39. The molecule has 0 aromatic heterocycles. The van der Waals surface area contributed by atoms with Gasteiger partial charge in [-0.25, -0.2) is 4.39 Å². The van der Waals surface area contributed by atoms with Crippen molar-refractivity contribution in [3.63, 3.8) is 0 Å². The highest BCUT2D eigenvalue weighted by Gasteiger charge is 2.31. The molecule has 0 aliphatic carbocycles. The topological polar surface area (TPSA) is 20.3 Å². The second-order valence-electron chi connectivity index (χ2n) is 4.94. The predicted molar refractivity (Wildman–Crippen MR) is 73.0 cm³/mol. The lowest BCUT2D eigenvalue weighted by Crippen LogP contribution is -2.47. The predicted octanol–water partition coefficient (Wildman–Crippen LogP) is 3.99. The molecule has 0 bridgehead atoms. The Bertz CT molecular complexity index is 433. The van der Waals surface area contributed by atoms with Gasteiger partial charge in [0.25, 0.3) is 5.91 Å². The van der Waals surface area contributed by atoms with Crippen molar-refractivity contribution >= 4 is 21.8 Å². The molecule has 0 saturated carbocycles. The fourth-order valence-electron chi connectivity index (χ4n) is 2.65. The summed E-state index contributed by atoms with van der Waals surface area (Å²) in [5, 5.41) is 0. The molecule has 18 heavy (non-hydrogen) atoms. The van der Waals surface area contributed by atoms with Gasteiger partial charge in [0.05, 0.1) is 5.56 Å². The molecule has 0 radical (unpaired) electrons.